The fourth-order valence-electron chi connectivity index (χ4n) is 3.54. The summed E-state index contributed by atoms with van der Waals surface area (Å²) in [6, 6.07) is 14.6. The number of hydrogen-bond donors (Lipinski definition) is 1. The zero-order chi connectivity index (χ0) is 20.9. The van der Waals surface area contributed by atoms with Crippen molar-refractivity contribution in [3.63, 3.8) is 0 Å². The molecule has 1 aromatic heterocycles. The van der Waals surface area contributed by atoms with Gasteiger partial charge in [-0.25, -0.2) is 14.4 Å². The number of nitrogens with one attached hydrogen (secondary N) is 1. The molecule has 1 amide bonds. The molecule has 4 rings (SSSR count). The largest absolute Gasteiger partial charge is 0.370 e. The van der Waals surface area contributed by atoms with E-state index in [-0.39, 0.29) is 17.5 Å². The molecule has 2 heterocycles. The molecule has 0 aliphatic carbocycles. The van der Waals surface area contributed by atoms with Gasteiger partial charge in [0.15, 0.2) is 5.16 Å². The zero-order valence-corrected chi connectivity index (χ0v) is 17.7. The van der Waals surface area contributed by atoms with E-state index < -0.39 is 0 Å². The second kappa shape index (κ2) is 9.30. The van der Waals surface area contributed by atoms with Gasteiger partial charge in [0.2, 0.25) is 5.91 Å². The second-order valence-electron chi connectivity index (χ2n) is 7.01. The summed E-state index contributed by atoms with van der Waals surface area (Å²) in [5.41, 5.74) is 1.45. The van der Waals surface area contributed by atoms with Crippen LogP contribution in [0.3, 0.4) is 0 Å². The average molecular weight is 426 g/mol. The monoisotopic (exact) mass is 425 g/mol. The summed E-state index contributed by atoms with van der Waals surface area (Å²) in [6.07, 6.45) is 0. The number of thioether (sulfide) groups is 1. The fraction of sp³-hybridized carbons (Fsp3) is 0.318. The van der Waals surface area contributed by atoms with Gasteiger partial charge in [0.05, 0.1) is 17.0 Å². The number of carbonyl (C=O) groups is 1. The first-order chi connectivity index (χ1) is 14.7. The predicted molar refractivity (Wildman–Crippen MR) is 120 cm³/mol. The number of piperazine rings is 1. The Labute approximate surface area is 179 Å². The van der Waals surface area contributed by atoms with Crippen molar-refractivity contribution in [1.29, 1.82) is 0 Å². The molecule has 6 nitrogen and oxygen atoms in total. The normalized spacial score (nSPS) is 14.2. The first-order valence-corrected chi connectivity index (χ1v) is 11.0. The van der Waals surface area contributed by atoms with Crippen LogP contribution < -0.4 is 10.2 Å². The summed E-state index contributed by atoms with van der Waals surface area (Å²) in [5, 5.41) is 4.83. The van der Waals surface area contributed by atoms with Crippen molar-refractivity contribution in [3.05, 3.63) is 54.3 Å². The molecule has 1 saturated heterocycles. The van der Waals surface area contributed by atoms with Gasteiger partial charge >= 0.3 is 0 Å². The number of anilines is 2. The van der Waals surface area contributed by atoms with Gasteiger partial charge in [-0.3, -0.25) is 4.79 Å². The first kappa shape index (κ1) is 20.4. The summed E-state index contributed by atoms with van der Waals surface area (Å²) >= 11 is 1.35. The molecule has 1 N–H and O–H groups in total. The van der Waals surface area contributed by atoms with Crippen LogP contribution in [0.4, 0.5) is 15.9 Å². The van der Waals surface area contributed by atoms with Gasteiger partial charge in [0, 0.05) is 38.1 Å². The van der Waals surface area contributed by atoms with Crippen molar-refractivity contribution in [2.45, 2.75) is 12.1 Å². The van der Waals surface area contributed by atoms with Crippen molar-refractivity contribution in [3.8, 4) is 0 Å². The molecule has 156 valence electrons. The number of para-hydroxylation sites is 2. The second-order valence-corrected chi connectivity index (χ2v) is 7.95. The van der Waals surface area contributed by atoms with Crippen molar-refractivity contribution < 1.29 is 9.18 Å². The van der Waals surface area contributed by atoms with Crippen LogP contribution >= 0.6 is 11.8 Å². The number of hydrogen-bond acceptors (Lipinski definition) is 6. The fourth-order valence-corrected chi connectivity index (χ4v) is 4.30. The Bertz CT molecular complexity index is 1040. The van der Waals surface area contributed by atoms with E-state index in [0.29, 0.717) is 37.0 Å². The van der Waals surface area contributed by atoms with E-state index in [9.17, 15) is 9.18 Å². The van der Waals surface area contributed by atoms with Gasteiger partial charge in [0.1, 0.15) is 11.6 Å². The van der Waals surface area contributed by atoms with Crippen molar-refractivity contribution >= 4 is 40.1 Å². The highest BCUT2D eigenvalue weighted by Gasteiger charge is 2.23. The minimum Gasteiger partial charge on any atom is -0.370 e. The molecule has 0 atom stereocenters. The van der Waals surface area contributed by atoms with E-state index in [1.165, 1.54) is 17.8 Å². The SMILES string of the molecule is CCNc1nc(SCC(=O)N2CCN(c3ccccc3F)CC2)nc2ccccc12. The lowest BCUT2D eigenvalue weighted by Gasteiger charge is -2.36. The molecule has 0 saturated carbocycles. The summed E-state index contributed by atoms with van der Waals surface area (Å²) < 4.78 is 14.0. The lowest BCUT2D eigenvalue weighted by Crippen LogP contribution is -2.49. The molecule has 1 aliphatic heterocycles. The third-order valence-electron chi connectivity index (χ3n) is 5.08. The number of benzene rings is 2. The molecule has 2 aromatic carbocycles. The number of amides is 1. The van der Waals surface area contributed by atoms with E-state index in [0.717, 1.165) is 23.3 Å². The van der Waals surface area contributed by atoms with Gasteiger partial charge in [0.25, 0.3) is 0 Å². The molecule has 0 unspecified atom stereocenters. The van der Waals surface area contributed by atoms with Crippen molar-refractivity contribution in [2.75, 3.05) is 48.7 Å². The van der Waals surface area contributed by atoms with Gasteiger partial charge in [-0.05, 0) is 31.2 Å². The van der Waals surface area contributed by atoms with Crippen LogP contribution in [0.25, 0.3) is 10.9 Å². The standard InChI is InChI=1S/C22H24FN5OS/c1-2-24-21-16-7-3-5-9-18(16)25-22(26-21)30-15-20(29)28-13-11-27(12-14-28)19-10-6-4-8-17(19)23/h3-10H,2,11-15H2,1H3,(H,24,25,26). The molecule has 8 heteroatoms. The Morgan fingerprint density at radius 1 is 1.07 bits per heavy atom. The Balaban J connectivity index is 1.37. The molecule has 30 heavy (non-hydrogen) atoms. The van der Waals surface area contributed by atoms with Crippen LogP contribution in [0.1, 0.15) is 6.92 Å². The molecule has 0 radical (unpaired) electrons. The Hall–Kier alpha value is -2.87. The van der Waals surface area contributed by atoms with E-state index >= 15 is 0 Å². The average Bonchev–Trinajstić information content (AvgIpc) is 2.78. The number of rotatable bonds is 6. The molecular formula is C22H24FN5OS. The van der Waals surface area contributed by atoms with Crippen LogP contribution in [0.15, 0.2) is 53.7 Å². The number of nitrogens with zero attached hydrogens (tertiary/aromatic N) is 4. The molecule has 0 spiro atoms. The maximum absolute atomic E-state index is 14.0. The minimum absolute atomic E-state index is 0.0509. The minimum atomic E-state index is -0.224. The highest BCUT2D eigenvalue weighted by Crippen LogP contribution is 2.25. The van der Waals surface area contributed by atoms with Crippen LogP contribution in [0.5, 0.6) is 0 Å². The zero-order valence-electron chi connectivity index (χ0n) is 16.8. The lowest BCUT2D eigenvalue weighted by molar-refractivity contribution is -0.128. The molecule has 1 aliphatic rings. The Morgan fingerprint density at radius 2 is 1.80 bits per heavy atom. The molecule has 1 fully saturated rings. The summed E-state index contributed by atoms with van der Waals surface area (Å²) in [4.78, 5) is 25.7. The maximum Gasteiger partial charge on any atom is 0.233 e. The van der Waals surface area contributed by atoms with Gasteiger partial charge < -0.3 is 15.1 Å². The maximum atomic E-state index is 14.0. The van der Waals surface area contributed by atoms with Gasteiger partial charge in [-0.1, -0.05) is 36.0 Å². The van der Waals surface area contributed by atoms with Crippen LogP contribution in [-0.4, -0.2) is 59.3 Å². The quantitative estimate of drug-likeness (QED) is 0.481. The molecule has 3 aromatic rings. The highest BCUT2D eigenvalue weighted by atomic mass is 32.2. The van der Waals surface area contributed by atoms with E-state index in [2.05, 4.69) is 15.3 Å². The van der Waals surface area contributed by atoms with Crippen LogP contribution in [0.2, 0.25) is 0 Å². The number of fused-ring (bicyclic) bond motifs is 1. The topological polar surface area (TPSA) is 61.4 Å². The summed E-state index contributed by atoms with van der Waals surface area (Å²) in [7, 11) is 0. The summed E-state index contributed by atoms with van der Waals surface area (Å²) in [6.45, 7) is 5.18. The number of aromatic nitrogens is 2. The Kier molecular flexibility index (Phi) is 6.32. The highest BCUT2D eigenvalue weighted by molar-refractivity contribution is 7.99. The van der Waals surface area contributed by atoms with Crippen molar-refractivity contribution in [1.82, 2.24) is 14.9 Å². The predicted octanol–water partition coefficient (Wildman–Crippen LogP) is 3.64. The summed E-state index contributed by atoms with van der Waals surface area (Å²) in [5.74, 6) is 0.896. The van der Waals surface area contributed by atoms with Gasteiger partial charge in [-0.15, -0.1) is 0 Å². The van der Waals surface area contributed by atoms with Crippen LogP contribution in [0, 0.1) is 5.82 Å². The number of halogens is 1. The van der Waals surface area contributed by atoms with Crippen LogP contribution in [-0.2, 0) is 4.79 Å². The van der Waals surface area contributed by atoms with Crippen molar-refractivity contribution in [2.24, 2.45) is 0 Å². The molecule has 0 bridgehead atoms. The van der Waals surface area contributed by atoms with E-state index in [4.69, 9.17) is 0 Å². The Morgan fingerprint density at radius 3 is 2.57 bits per heavy atom. The van der Waals surface area contributed by atoms with Gasteiger partial charge in [-0.2, -0.15) is 0 Å². The first-order valence-electron chi connectivity index (χ1n) is 10.1. The molecular weight excluding hydrogens is 401 g/mol. The smallest absolute Gasteiger partial charge is 0.233 e. The van der Waals surface area contributed by atoms with E-state index in [1.54, 1.807) is 12.1 Å². The number of carbonyl (C=O) groups excluding carboxylic acids is 1. The van der Waals surface area contributed by atoms with E-state index in [1.807, 2.05) is 47.1 Å². The third-order valence-corrected chi connectivity index (χ3v) is 5.91. The lowest BCUT2D eigenvalue weighted by atomic mass is 10.2. The third kappa shape index (κ3) is 4.48.